The minimum atomic E-state index is -1.04. The highest BCUT2D eigenvalue weighted by molar-refractivity contribution is 5.94. The van der Waals surface area contributed by atoms with Crippen molar-refractivity contribution in [3.05, 3.63) is 45.7 Å². The number of halogens is 1. The van der Waals surface area contributed by atoms with Gasteiger partial charge in [0.05, 0.1) is 13.2 Å². The van der Waals surface area contributed by atoms with E-state index in [0.29, 0.717) is 18.9 Å². The first-order valence-corrected chi connectivity index (χ1v) is 8.68. The van der Waals surface area contributed by atoms with Crippen LogP contribution < -0.4 is 10.9 Å². The van der Waals surface area contributed by atoms with Crippen LogP contribution in [0.25, 0.3) is 0 Å². The molecule has 3 rings (SSSR count). The Bertz CT molecular complexity index is 830. The summed E-state index contributed by atoms with van der Waals surface area (Å²) in [6.07, 6.45) is 3.96. The van der Waals surface area contributed by atoms with Gasteiger partial charge in [0.1, 0.15) is 18.1 Å². The number of carbonyl (C=O) groups is 1. The van der Waals surface area contributed by atoms with Crippen molar-refractivity contribution in [3.8, 4) is 5.75 Å². The number of alkyl halides is 1. The lowest BCUT2D eigenvalue weighted by molar-refractivity contribution is 0.0113. The molecule has 3 unspecified atom stereocenters. The molecule has 0 spiro atoms. The summed E-state index contributed by atoms with van der Waals surface area (Å²) in [5.41, 5.74) is -0.210. The average Bonchev–Trinajstić information content (AvgIpc) is 2.64. The average molecular weight is 363 g/mol. The van der Waals surface area contributed by atoms with E-state index in [4.69, 9.17) is 4.74 Å². The number of hydrogen-bond donors (Lipinski definition) is 2. The number of amides is 1. The highest BCUT2D eigenvalue weighted by Crippen LogP contribution is 2.24. The number of aromatic hydroxyl groups is 1. The molecule has 0 bridgehead atoms. The molecule has 0 aromatic carbocycles. The van der Waals surface area contributed by atoms with Crippen molar-refractivity contribution in [1.29, 1.82) is 0 Å². The third kappa shape index (κ3) is 3.41. The maximum Gasteiger partial charge on any atom is 0.296 e. The standard InChI is InChI=1S/C18H22FN3O4/c1-3-13-16-21-14(15(23)18(25)22(16)6-7-26-13)17(24)20-9-11-4-5-12(19)10(2)8-11/h4-5,8,10,12-13,23H,3,6-7,9H2,1-2H3,(H,20,24). The molecule has 0 fully saturated rings. The molecule has 2 aliphatic rings. The topological polar surface area (TPSA) is 93.5 Å². The quantitative estimate of drug-likeness (QED) is 0.848. The number of hydrogen-bond acceptors (Lipinski definition) is 5. The van der Waals surface area contributed by atoms with E-state index in [1.807, 2.05) is 6.92 Å². The van der Waals surface area contributed by atoms with Gasteiger partial charge in [-0.15, -0.1) is 0 Å². The molecule has 7 nitrogen and oxygen atoms in total. The molecule has 2 N–H and O–H groups in total. The van der Waals surface area contributed by atoms with Crippen molar-refractivity contribution in [2.45, 2.75) is 39.1 Å². The summed E-state index contributed by atoms with van der Waals surface area (Å²) in [6.45, 7) is 4.43. The van der Waals surface area contributed by atoms with Gasteiger partial charge in [-0.3, -0.25) is 14.2 Å². The monoisotopic (exact) mass is 363 g/mol. The fourth-order valence-corrected chi connectivity index (χ4v) is 3.10. The third-order valence-corrected chi connectivity index (χ3v) is 4.61. The second kappa shape index (κ2) is 7.41. The SMILES string of the molecule is CCC1OCCn2c1nc(C(=O)NCC1=CC(C)C(F)C=C1)c(O)c2=O. The van der Waals surface area contributed by atoms with E-state index in [0.717, 1.165) is 5.57 Å². The lowest BCUT2D eigenvalue weighted by Gasteiger charge is -2.26. The summed E-state index contributed by atoms with van der Waals surface area (Å²) >= 11 is 0. The zero-order valence-corrected chi connectivity index (χ0v) is 14.7. The predicted molar refractivity (Wildman–Crippen MR) is 92.8 cm³/mol. The van der Waals surface area contributed by atoms with Gasteiger partial charge >= 0.3 is 0 Å². The fourth-order valence-electron chi connectivity index (χ4n) is 3.10. The summed E-state index contributed by atoms with van der Waals surface area (Å²) in [5, 5.41) is 12.7. The molecule has 1 amide bonds. The minimum absolute atomic E-state index is 0.152. The van der Waals surface area contributed by atoms with Gasteiger partial charge in [-0.2, -0.15) is 0 Å². The predicted octanol–water partition coefficient (Wildman–Crippen LogP) is 1.63. The Labute approximate surface area is 150 Å². The molecule has 0 saturated carbocycles. The van der Waals surface area contributed by atoms with E-state index in [-0.39, 0.29) is 24.7 Å². The fraction of sp³-hybridized carbons (Fsp3) is 0.500. The van der Waals surface area contributed by atoms with Gasteiger partial charge in [0, 0.05) is 12.5 Å². The highest BCUT2D eigenvalue weighted by Gasteiger charge is 2.28. The zero-order valence-electron chi connectivity index (χ0n) is 14.7. The van der Waals surface area contributed by atoms with Crippen molar-refractivity contribution in [2.75, 3.05) is 13.2 Å². The first kappa shape index (κ1) is 18.3. The summed E-state index contributed by atoms with van der Waals surface area (Å²) in [7, 11) is 0. The van der Waals surface area contributed by atoms with E-state index in [2.05, 4.69) is 10.3 Å². The number of nitrogens with zero attached hydrogens (tertiary/aromatic N) is 2. The maximum absolute atomic E-state index is 13.4. The lowest BCUT2D eigenvalue weighted by Crippen LogP contribution is -2.36. The number of fused-ring (bicyclic) bond motifs is 1. The first-order chi connectivity index (χ1) is 12.4. The largest absolute Gasteiger partial charge is 0.501 e. The van der Waals surface area contributed by atoms with Crippen LogP contribution in [-0.4, -0.2) is 39.9 Å². The van der Waals surface area contributed by atoms with Gasteiger partial charge in [-0.05, 0) is 18.1 Å². The lowest BCUT2D eigenvalue weighted by atomic mass is 9.96. The summed E-state index contributed by atoms with van der Waals surface area (Å²) in [5.74, 6) is -1.26. The molecule has 1 aliphatic heterocycles. The Hall–Kier alpha value is -2.48. The van der Waals surface area contributed by atoms with E-state index in [9.17, 15) is 19.1 Å². The van der Waals surface area contributed by atoms with Crippen LogP contribution in [0.5, 0.6) is 5.75 Å². The van der Waals surface area contributed by atoms with Gasteiger partial charge in [0.25, 0.3) is 11.5 Å². The number of aromatic nitrogens is 2. The van der Waals surface area contributed by atoms with Gasteiger partial charge in [-0.1, -0.05) is 26.0 Å². The zero-order chi connectivity index (χ0) is 18.8. The molecule has 1 aromatic rings. The summed E-state index contributed by atoms with van der Waals surface area (Å²) < 4.78 is 20.3. The summed E-state index contributed by atoms with van der Waals surface area (Å²) in [6, 6.07) is 0. The van der Waals surface area contributed by atoms with Crippen LogP contribution in [0.3, 0.4) is 0 Å². The molecular weight excluding hydrogens is 341 g/mol. The smallest absolute Gasteiger partial charge is 0.296 e. The normalized spacial score (nSPS) is 24.7. The third-order valence-electron chi connectivity index (χ3n) is 4.61. The van der Waals surface area contributed by atoms with Gasteiger partial charge < -0.3 is 15.2 Å². The highest BCUT2D eigenvalue weighted by atomic mass is 19.1. The van der Waals surface area contributed by atoms with Crippen LogP contribution in [0.15, 0.2) is 28.6 Å². The number of rotatable bonds is 4. The molecule has 1 aromatic heterocycles. The van der Waals surface area contributed by atoms with E-state index in [1.165, 1.54) is 10.6 Å². The molecule has 0 saturated heterocycles. The molecule has 3 atom stereocenters. The van der Waals surface area contributed by atoms with Crippen LogP contribution in [-0.2, 0) is 11.3 Å². The van der Waals surface area contributed by atoms with Crippen molar-refractivity contribution in [2.24, 2.45) is 5.92 Å². The van der Waals surface area contributed by atoms with Gasteiger partial charge in [0.2, 0.25) is 5.75 Å². The molecule has 0 radical (unpaired) electrons. The van der Waals surface area contributed by atoms with Crippen LogP contribution in [0.1, 0.15) is 42.7 Å². The molecule has 1 aliphatic carbocycles. The Morgan fingerprint density at radius 2 is 2.31 bits per heavy atom. The molecule has 140 valence electrons. The van der Waals surface area contributed by atoms with Crippen LogP contribution in [0, 0.1) is 5.92 Å². The van der Waals surface area contributed by atoms with Crippen LogP contribution in [0.4, 0.5) is 4.39 Å². The maximum atomic E-state index is 13.4. The second-order valence-corrected chi connectivity index (χ2v) is 6.48. The van der Waals surface area contributed by atoms with E-state index in [1.54, 1.807) is 19.1 Å². The Balaban J connectivity index is 1.82. The first-order valence-electron chi connectivity index (χ1n) is 8.68. The van der Waals surface area contributed by atoms with Crippen molar-refractivity contribution in [3.63, 3.8) is 0 Å². The van der Waals surface area contributed by atoms with E-state index >= 15 is 0 Å². The molecule has 26 heavy (non-hydrogen) atoms. The minimum Gasteiger partial charge on any atom is -0.501 e. The summed E-state index contributed by atoms with van der Waals surface area (Å²) in [4.78, 5) is 29.0. The number of allylic oxidation sites excluding steroid dienone is 2. The van der Waals surface area contributed by atoms with E-state index < -0.39 is 29.5 Å². The molecular formula is C18H22FN3O4. The number of ether oxygens (including phenoxy) is 1. The van der Waals surface area contributed by atoms with Crippen LogP contribution in [0.2, 0.25) is 0 Å². The van der Waals surface area contributed by atoms with Crippen molar-refractivity contribution >= 4 is 5.91 Å². The Kier molecular flexibility index (Phi) is 5.22. The van der Waals surface area contributed by atoms with Crippen LogP contribution >= 0.6 is 0 Å². The number of nitrogens with one attached hydrogen (secondary N) is 1. The Morgan fingerprint density at radius 1 is 1.54 bits per heavy atom. The molecule has 8 heteroatoms. The Morgan fingerprint density at radius 3 is 3.00 bits per heavy atom. The number of carbonyl (C=O) groups excluding carboxylic acids is 1. The van der Waals surface area contributed by atoms with Crippen molar-refractivity contribution < 1.29 is 19.0 Å². The second-order valence-electron chi connectivity index (χ2n) is 6.48. The van der Waals surface area contributed by atoms with Gasteiger partial charge in [0.15, 0.2) is 5.69 Å². The van der Waals surface area contributed by atoms with Crippen molar-refractivity contribution in [1.82, 2.24) is 14.9 Å². The molecule has 2 heterocycles. The van der Waals surface area contributed by atoms with Gasteiger partial charge in [-0.25, -0.2) is 9.37 Å².